The minimum absolute atomic E-state index is 0.0694. The van der Waals surface area contributed by atoms with Crippen LogP contribution in [0.15, 0.2) is 23.3 Å². The van der Waals surface area contributed by atoms with Gasteiger partial charge in [0.2, 0.25) is 0 Å². The summed E-state index contributed by atoms with van der Waals surface area (Å²) in [6.07, 6.45) is 5.28. The van der Waals surface area contributed by atoms with Crippen molar-refractivity contribution in [1.29, 1.82) is 0 Å². The van der Waals surface area contributed by atoms with Gasteiger partial charge in [0.1, 0.15) is 0 Å². The minimum Gasteiger partial charge on any atom is -0.294 e. The Morgan fingerprint density at radius 2 is 2.06 bits per heavy atom. The van der Waals surface area contributed by atoms with Gasteiger partial charge < -0.3 is 0 Å². The van der Waals surface area contributed by atoms with Gasteiger partial charge in [0.05, 0.1) is 0 Å². The molecule has 0 aliphatic heterocycles. The van der Waals surface area contributed by atoms with Crippen molar-refractivity contribution >= 4 is 5.78 Å². The second kappa shape index (κ2) is 4.57. The first kappa shape index (κ1) is 13.2. The largest absolute Gasteiger partial charge is 0.294 e. The molecule has 1 aliphatic carbocycles. The zero-order chi connectivity index (χ0) is 12.5. The molecule has 0 heterocycles. The van der Waals surface area contributed by atoms with Crippen LogP contribution in [0.2, 0.25) is 0 Å². The van der Waals surface area contributed by atoms with Crippen LogP contribution < -0.4 is 0 Å². The van der Waals surface area contributed by atoms with Crippen molar-refractivity contribution in [1.82, 2.24) is 0 Å². The van der Waals surface area contributed by atoms with E-state index in [2.05, 4.69) is 33.8 Å². The highest BCUT2D eigenvalue weighted by Gasteiger charge is 2.39. The Morgan fingerprint density at radius 1 is 1.50 bits per heavy atom. The summed E-state index contributed by atoms with van der Waals surface area (Å²) >= 11 is 0. The molecule has 90 valence electrons. The fourth-order valence-corrected chi connectivity index (χ4v) is 3.10. The fraction of sp³-hybridized carbons (Fsp3) is 0.667. The molecule has 2 unspecified atom stereocenters. The lowest BCUT2D eigenvalue weighted by Gasteiger charge is -2.40. The van der Waals surface area contributed by atoms with Gasteiger partial charge in [-0.05, 0) is 44.1 Å². The van der Waals surface area contributed by atoms with Gasteiger partial charge >= 0.3 is 0 Å². The van der Waals surface area contributed by atoms with Gasteiger partial charge in [-0.2, -0.15) is 0 Å². The summed E-state index contributed by atoms with van der Waals surface area (Å²) in [4.78, 5) is 12.4. The molecule has 0 amide bonds. The number of hydrogen-bond donors (Lipinski definition) is 0. The lowest BCUT2D eigenvalue weighted by molar-refractivity contribution is -0.121. The van der Waals surface area contributed by atoms with Gasteiger partial charge in [0.25, 0.3) is 0 Å². The molecule has 1 aliphatic rings. The van der Waals surface area contributed by atoms with E-state index in [1.807, 2.05) is 19.9 Å². The number of carbonyl (C=O) groups excluding carboxylic acids is 1. The number of carbonyl (C=O) groups is 1. The second-order valence-corrected chi connectivity index (χ2v) is 5.85. The summed E-state index contributed by atoms with van der Waals surface area (Å²) in [6.45, 7) is 12.6. The molecule has 16 heavy (non-hydrogen) atoms. The highest BCUT2D eigenvalue weighted by molar-refractivity contribution is 5.98. The Kier molecular flexibility index (Phi) is 3.77. The minimum atomic E-state index is 0.0694. The van der Waals surface area contributed by atoms with E-state index in [-0.39, 0.29) is 11.3 Å². The number of hydrogen-bond acceptors (Lipinski definition) is 1. The Morgan fingerprint density at radius 3 is 2.50 bits per heavy atom. The Hall–Kier alpha value is -0.850. The lowest BCUT2D eigenvalue weighted by atomic mass is 9.63. The summed E-state index contributed by atoms with van der Waals surface area (Å²) in [5.74, 6) is 0.956. The van der Waals surface area contributed by atoms with E-state index in [1.54, 1.807) is 0 Å². The van der Waals surface area contributed by atoms with E-state index in [0.29, 0.717) is 11.7 Å². The third-order valence-corrected chi connectivity index (χ3v) is 3.72. The number of rotatable bonds is 2. The molecule has 1 nitrogen and oxygen atoms in total. The van der Waals surface area contributed by atoms with Crippen LogP contribution in [0, 0.1) is 17.3 Å². The van der Waals surface area contributed by atoms with Crippen LogP contribution in [0.5, 0.6) is 0 Å². The van der Waals surface area contributed by atoms with E-state index in [9.17, 15) is 4.79 Å². The molecule has 1 heteroatoms. The van der Waals surface area contributed by atoms with Crippen molar-refractivity contribution in [3.63, 3.8) is 0 Å². The highest BCUT2D eigenvalue weighted by Crippen LogP contribution is 2.44. The first-order valence-corrected chi connectivity index (χ1v) is 6.15. The van der Waals surface area contributed by atoms with Gasteiger partial charge in [-0.15, -0.1) is 0 Å². The molecule has 0 aromatic carbocycles. The lowest BCUT2D eigenvalue weighted by Crippen LogP contribution is -2.36. The van der Waals surface area contributed by atoms with E-state index >= 15 is 0 Å². The molecule has 0 N–H and O–H groups in total. The maximum absolute atomic E-state index is 12.4. The van der Waals surface area contributed by atoms with Gasteiger partial charge in [0, 0.05) is 5.92 Å². The monoisotopic (exact) mass is 220 g/mol. The summed E-state index contributed by atoms with van der Waals surface area (Å²) in [6, 6.07) is 0. The first-order valence-electron chi connectivity index (χ1n) is 6.15. The Balaban J connectivity index is 3.11. The summed E-state index contributed by atoms with van der Waals surface area (Å²) in [7, 11) is 0. The SMILES string of the molecule is CC=C(C)C(=O)C1C(C)=CC(C)CC1(C)C. The molecule has 0 saturated heterocycles. The molecule has 0 radical (unpaired) electrons. The first-order chi connectivity index (χ1) is 7.29. The smallest absolute Gasteiger partial charge is 0.165 e. The van der Waals surface area contributed by atoms with Crippen molar-refractivity contribution in [3.05, 3.63) is 23.3 Å². The fourth-order valence-electron chi connectivity index (χ4n) is 3.10. The number of ketones is 1. The van der Waals surface area contributed by atoms with Crippen LogP contribution in [0.4, 0.5) is 0 Å². The molecule has 0 bridgehead atoms. The summed E-state index contributed by atoms with van der Waals surface area (Å²) in [5.41, 5.74) is 2.22. The molecule has 0 aromatic rings. The zero-order valence-corrected chi connectivity index (χ0v) is 11.4. The zero-order valence-electron chi connectivity index (χ0n) is 11.4. The second-order valence-electron chi connectivity index (χ2n) is 5.85. The van der Waals surface area contributed by atoms with Crippen LogP contribution in [0.3, 0.4) is 0 Å². The maximum Gasteiger partial charge on any atom is 0.165 e. The van der Waals surface area contributed by atoms with E-state index in [4.69, 9.17) is 0 Å². The normalized spacial score (nSPS) is 29.9. The molecule has 1 rings (SSSR count). The molecule has 0 fully saturated rings. The third-order valence-electron chi connectivity index (χ3n) is 3.72. The van der Waals surface area contributed by atoms with Crippen molar-refractivity contribution in [2.45, 2.75) is 48.0 Å². The predicted octanol–water partition coefficient (Wildman–Crippen LogP) is 4.15. The quantitative estimate of drug-likeness (QED) is 0.504. The van der Waals surface area contributed by atoms with Crippen LogP contribution >= 0.6 is 0 Å². The molecule has 0 saturated carbocycles. The summed E-state index contributed by atoms with van der Waals surface area (Å²) < 4.78 is 0. The molecule has 0 spiro atoms. The predicted molar refractivity (Wildman–Crippen MR) is 69.2 cm³/mol. The van der Waals surface area contributed by atoms with Crippen molar-refractivity contribution in [2.24, 2.45) is 17.3 Å². The van der Waals surface area contributed by atoms with Crippen LogP contribution in [0.25, 0.3) is 0 Å². The van der Waals surface area contributed by atoms with Gasteiger partial charge in [-0.3, -0.25) is 4.79 Å². The average Bonchev–Trinajstić information content (AvgIpc) is 2.13. The van der Waals surface area contributed by atoms with Crippen molar-refractivity contribution in [3.8, 4) is 0 Å². The average molecular weight is 220 g/mol. The van der Waals surface area contributed by atoms with Crippen molar-refractivity contribution in [2.75, 3.05) is 0 Å². The van der Waals surface area contributed by atoms with Gasteiger partial charge in [-0.1, -0.05) is 38.5 Å². The molecular formula is C15H24O. The standard InChI is InChI=1S/C15H24O/c1-7-11(3)14(16)13-12(4)8-10(2)9-15(13,5)6/h7-8,10,13H,9H2,1-6H3. The van der Waals surface area contributed by atoms with E-state index in [0.717, 1.165) is 12.0 Å². The van der Waals surface area contributed by atoms with Gasteiger partial charge in [0.15, 0.2) is 5.78 Å². The van der Waals surface area contributed by atoms with E-state index < -0.39 is 0 Å². The van der Waals surface area contributed by atoms with Crippen LogP contribution in [-0.4, -0.2) is 5.78 Å². The third kappa shape index (κ3) is 2.45. The number of Topliss-reactive ketones (excluding diaryl/α,β-unsaturated/α-hetero) is 1. The number of allylic oxidation sites excluding steroid dienone is 4. The van der Waals surface area contributed by atoms with E-state index in [1.165, 1.54) is 5.57 Å². The van der Waals surface area contributed by atoms with Crippen LogP contribution in [-0.2, 0) is 4.79 Å². The Bertz CT molecular complexity index is 344. The molecule has 0 aromatic heterocycles. The van der Waals surface area contributed by atoms with Crippen molar-refractivity contribution < 1.29 is 4.79 Å². The molecule has 2 atom stereocenters. The maximum atomic E-state index is 12.4. The topological polar surface area (TPSA) is 17.1 Å². The van der Waals surface area contributed by atoms with Gasteiger partial charge in [-0.25, -0.2) is 0 Å². The van der Waals surface area contributed by atoms with Crippen LogP contribution in [0.1, 0.15) is 48.0 Å². The molecular weight excluding hydrogens is 196 g/mol. The highest BCUT2D eigenvalue weighted by atomic mass is 16.1. The summed E-state index contributed by atoms with van der Waals surface area (Å²) in [5, 5.41) is 0. The Labute approximate surface area is 99.6 Å².